The minimum absolute atomic E-state index is 0.0534. The van der Waals surface area contributed by atoms with Crippen molar-refractivity contribution in [2.24, 2.45) is 5.73 Å². The lowest BCUT2D eigenvalue weighted by Gasteiger charge is -2.06. The molecule has 0 fully saturated rings. The van der Waals surface area contributed by atoms with Crippen LogP contribution in [0, 0.1) is 12.7 Å². The number of nitrogens with zero attached hydrogens (tertiary/aromatic N) is 2. The quantitative estimate of drug-likeness (QED) is 0.635. The van der Waals surface area contributed by atoms with E-state index in [9.17, 15) is 4.39 Å². The van der Waals surface area contributed by atoms with E-state index in [2.05, 4.69) is 15.5 Å². The first-order valence-corrected chi connectivity index (χ1v) is 8.85. The topological polar surface area (TPSA) is 84.1 Å². The zero-order valence-corrected chi connectivity index (χ0v) is 14.2. The summed E-state index contributed by atoms with van der Waals surface area (Å²) in [7, 11) is 0. The number of hydrogen-bond donors (Lipinski definition) is 3. The van der Waals surface area contributed by atoms with Gasteiger partial charge in [-0.2, -0.15) is 5.10 Å². The van der Waals surface area contributed by atoms with E-state index in [0.717, 1.165) is 26.3 Å². The van der Waals surface area contributed by atoms with Crippen molar-refractivity contribution in [1.82, 2.24) is 10.2 Å². The van der Waals surface area contributed by atoms with E-state index in [-0.39, 0.29) is 18.5 Å². The largest absolute Gasteiger partial charge is 0.395 e. The average Bonchev–Trinajstić information content (AvgIpc) is 3.10. The Morgan fingerprint density at radius 1 is 1.43 bits per heavy atom. The molecule has 8 heteroatoms. The molecule has 5 nitrogen and oxygen atoms in total. The number of fused-ring (bicyclic) bond motifs is 1. The summed E-state index contributed by atoms with van der Waals surface area (Å²) in [6.07, 6.45) is 2.25. The summed E-state index contributed by atoms with van der Waals surface area (Å²) < 4.78 is 14.5. The molecule has 0 aliphatic carbocycles. The van der Waals surface area contributed by atoms with E-state index in [1.807, 2.05) is 6.92 Å². The minimum atomic E-state index is -0.286. The van der Waals surface area contributed by atoms with Crippen LogP contribution in [0.5, 0.6) is 0 Å². The van der Waals surface area contributed by atoms with Gasteiger partial charge < -0.3 is 16.2 Å². The van der Waals surface area contributed by atoms with Crippen LogP contribution in [0.2, 0.25) is 0 Å². The Balaban J connectivity index is 1.89. The molecule has 3 aromatic rings. The van der Waals surface area contributed by atoms with Crippen LogP contribution >= 0.6 is 22.7 Å². The molecule has 0 spiro atoms. The highest BCUT2D eigenvalue weighted by Crippen LogP contribution is 2.34. The lowest BCUT2D eigenvalue weighted by atomic mass is 10.1. The Kier molecular flexibility index (Phi) is 4.86. The summed E-state index contributed by atoms with van der Waals surface area (Å²) in [4.78, 5) is 1.75. The lowest BCUT2D eigenvalue weighted by Crippen LogP contribution is -2.26. The van der Waals surface area contributed by atoms with Gasteiger partial charge in [0.15, 0.2) is 0 Å². The second-order valence-corrected chi connectivity index (χ2v) is 7.38. The normalized spacial score (nSPS) is 12.7. The van der Waals surface area contributed by atoms with Crippen LogP contribution in [0.3, 0.4) is 0 Å². The highest BCUT2D eigenvalue weighted by atomic mass is 32.1. The van der Waals surface area contributed by atoms with E-state index in [1.165, 1.54) is 17.4 Å². The van der Waals surface area contributed by atoms with Crippen LogP contribution in [0.15, 0.2) is 17.6 Å². The monoisotopic (exact) mass is 352 g/mol. The third kappa shape index (κ3) is 3.35. The van der Waals surface area contributed by atoms with Crippen molar-refractivity contribution < 1.29 is 9.50 Å². The smallest absolute Gasteiger partial charge is 0.138 e. The van der Waals surface area contributed by atoms with Gasteiger partial charge in [-0.3, -0.25) is 0 Å². The fraction of sp³-hybridized carbons (Fsp3) is 0.333. The molecule has 3 aromatic heterocycles. The molecular weight excluding hydrogens is 335 g/mol. The Morgan fingerprint density at radius 2 is 2.26 bits per heavy atom. The molecular formula is C15H17FN4OS2. The first-order chi connectivity index (χ1) is 11.1. The van der Waals surface area contributed by atoms with Gasteiger partial charge in [-0.15, -0.1) is 27.8 Å². The molecule has 0 radical (unpaired) electrons. The van der Waals surface area contributed by atoms with Crippen molar-refractivity contribution in [3.05, 3.63) is 38.8 Å². The number of anilines is 1. The molecule has 3 heterocycles. The molecule has 122 valence electrons. The van der Waals surface area contributed by atoms with Gasteiger partial charge in [-0.05, 0) is 30.4 Å². The molecule has 0 saturated carbocycles. The second kappa shape index (κ2) is 6.88. The zero-order valence-electron chi connectivity index (χ0n) is 12.5. The van der Waals surface area contributed by atoms with Gasteiger partial charge in [-0.1, -0.05) is 0 Å². The summed E-state index contributed by atoms with van der Waals surface area (Å²) in [5.74, 6) is -0.197. The fourth-order valence-electron chi connectivity index (χ4n) is 2.31. The number of nitrogens with two attached hydrogens (primary N) is 1. The van der Waals surface area contributed by atoms with Crippen molar-refractivity contribution in [2.45, 2.75) is 25.9 Å². The number of aliphatic hydroxyl groups excluding tert-OH is 1. The summed E-state index contributed by atoms with van der Waals surface area (Å²) in [5.41, 5.74) is 8.53. The number of aromatic nitrogens is 2. The molecule has 1 atom stereocenters. The van der Waals surface area contributed by atoms with Crippen molar-refractivity contribution in [3.63, 3.8) is 0 Å². The first kappa shape index (κ1) is 16.3. The maximum atomic E-state index is 13.5. The highest BCUT2D eigenvalue weighted by Gasteiger charge is 2.16. The van der Waals surface area contributed by atoms with Crippen LogP contribution in [0.1, 0.15) is 15.3 Å². The Hall–Kier alpha value is -1.61. The van der Waals surface area contributed by atoms with E-state index < -0.39 is 0 Å². The number of rotatable bonds is 6. The molecule has 3 rings (SSSR count). The summed E-state index contributed by atoms with van der Waals surface area (Å²) >= 11 is 2.97. The summed E-state index contributed by atoms with van der Waals surface area (Å²) in [5, 5.41) is 22.3. The molecule has 4 N–H and O–H groups in total. The van der Waals surface area contributed by atoms with Gasteiger partial charge >= 0.3 is 0 Å². The Morgan fingerprint density at radius 3 is 2.96 bits per heavy atom. The van der Waals surface area contributed by atoms with Gasteiger partial charge in [-0.25, -0.2) is 4.39 Å². The SMILES string of the molecule is Cc1c(C[C@@H](N)CO)sc2c(NCc3sccc3F)cnnc12. The van der Waals surface area contributed by atoms with Crippen molar-refractivity contribution in [3.8, 4) is 0 Å². The first-order valence-electron chi connectivity index (χ1n) is 7.16. The molecule has 0 amide bonds. The highest BCUT2D eigenvalue weighted by molar-refractivity contribution is 7.19. The predicted molar refractivity (Wildman–Crippen MR) is 92.5 cm³/mol. The van der Waals surface area contributed by atoms with E-state index >= 15 is 0 Å². The molecule has 0 bridgehead atoms. The number of aliphatic hydroxyl groups is 1. The predicted octanol–water partition coefficient (Wildman–Crippen LogP) is 2.67. The van der Waals surface area contributed by atoms with Crippen molar-refractivity contribution in [2.75, 3.05) is 11.9 Å². The van der Waals surface area contributed by atoms with Crippen LogP contribution < -0.4 is 11.1 Å². The number of hydrogen-bond acceptors (Lipinski definition) is 7. The molecule has 0 saturated heterocycles. The summed E-state index contributed by atoms with van der Waals surface area (Å²) in [6.45, 7) is 2.34. The van der Waals surface area contributed by atoms with E-state index in [0.29, 0.717) is 17.8 Å². The fourth-order valence-corrected chi connectivity index (χ4v) is 4.31. The molecule has 23 heavy (non-hydrogen) atoms. The third-order valence-corrected chi connectivity index (χ3v) is 5.85. The van der Waals surface area contributed by atoms with Gasteiger partial charge in [0.05, 0.1) is 34.6 Å². The van der Waals surface area contributed by atoms with Gasteiger partial charge in [0.1, 0.15) is 11.3 Å². The van der Waals surface area contributed by atoms with E-state index in [4.69, 9.17) is 10.8 Å². The van der Waals surface area contributed by atoms with Crippen molar-refractivity contribution >= 4 is 38.6 Å². The van der Waals surface area contributed by atoms with Crippen LogP contribution in [-0.4, -0.2) is 28.0 Å². The average molecular weight is 352 g/mol. The van der Waals surface area contributed by atoms with Crippen LogP contribution in [0.25, 0.3) is 10.2 Å². The van der Waals surface area contributed by atoms with E-state index in [1.54, 1.807) is 22.9 Å². The standard InChI is InChI=1S/C15H17FN4OS2/c1-8-12(4-9(17)7-21)23-15-11(5-19-20-14(8)15)18-6-13-10(16)2-3-22-13/h2-3,5,9,21H,4,6-7,17H2,1H3,(H,18,20)/t9-/m1/s1. The number of halogens is 1. The summed E-state index contributed by atoms with van der Waals surface area (Å²) in [6, 6.07) is 1.18. The second-order valence-electron chi connectivity index (χ2n) is 5.28. The maximum Gasteiger partial charge on any atom is 0.138 e. The number of aryl methyl sites for hydroxylation is 1. The lowest BCUT2D eigenvalue weighted by molar-refractivity contribution is 0.265. The van der Waals surface area contributed by atoms with Gasteiger partial charge in [0, 0.05) is 10.9 Å². The molecule has 0 unspecified atom stereocenters. The number of nitrogens with one attached hydrogen (secondary N) is 1. The van der Waals surface area contributed by atoms with Gasteiger partial charge in [0.2, 0.25) is 0 Å². The molecule has 0 aliphatic heterocycles. The molecule has 0 aliphatic rings. The third-order valence-electron chi connectivity index (χ3n) is 3.62. The van der Waals surface area contributed by atoms with Crippen LogP contribution in [-0.2, 0) is 13.0 Å². The van der Waals surface area contributed by atoms with Crippen molar-refractivity contribution in [1.29, 1.82) is 0 Å². The Bertz CT molecular complexity index is 817. The van der Waals surface area contributed by atoms with Gasteiger partial charge in [0.25, 0.3) is 0 Å². The number of thiophene rings is 2. The van der Waals surface area contributed by atoms with Crippen LogP contribution in [0.4, 0.5) is 10.1 Å². The molecule has 0 aromatic carbocycles. The minimum Gasteiger partial charge on any atom is -0.395 e. The zero-order chi connectivity index (χ0) is 16.4. The Labute approximate surface area is 141 Å². The maximum absolute atomic E-state index is 13.5.